The zero-order chi connectivity index (χ0) is 15.8. The second kappa shape index (κ2) is 8.42. The molecule has 1 aromatic rings. The Hall–Kier alpha value is -1.88. The van der Waals surface area contributed by atoms with Crippen molar-refractivity contribution in [1.29, 1.82) is 0 Å². The van der Waals surface area contributed by atoms with Gasteiger partial charge in [-0.3, -0.25) is 4.79 Å². The lowest BCUT2D eigenvalue weighted by Crippen LogP contribution is -2.38. The lowest BCUT2D eigenvalue weighted by Gasteiger charge is -2.20. The number of carbonyl (C=O) groups is 2. The fourth-order valence-corrected chi connectivity index (χ4v) is 2.19. The molecule has 0 saturated heterocycles. The minimum Gasteiger partial charge on any atom is -0.391 e. The molecule has 0 aliphatic heterocycles. The Morgan fingerprint density at radius 2 is 1.90 bits per heavy atom. The molecule has 5 heteroatoms. The summed E-state index contributed by atoms with van der Waals surface area (Å²) in [5.74, 6) is 0.134. The van der Waals surface area contributed by atoms with E-state index in [0.717, 1.165) is 12.8 Å². The van der Waals surface area contributed by atoms with E-state index in [2.05, 4.69) is 10.6 Å². The molecule has 3 N–H and O–H groups in total. The van der Waals surface area contributed by atoms with Crippen LogP contribution in [-0.4, -0.2) is 29.6 Å². The molecule has 1 aromatic carbocycles. The molecule has 0 aliphatic carbocycles. The molecule has 116 valence electrons. The van der Waals surface area contributed by atoms with Gasteiger partial charge in [0.2, 0.25) is 0 Å². The summed E-state index contributed by atoms with van der Waals surface area (Å²) in [4.78, 5) is 23.1. The number of hydrogen-bond donors (Lipinski definition) is 3. The van der Waals surface area contributed by atoms with E-state index in [1.807, 2.05) is 13.8 Å². The first-order chi connectivity index (χ1) is 9.97. The summed E-state index contributed by atoms with van der Waals surface area (Å²) in [7, 11) is 0. The van der Waals surface area contributed by atoms with Crippen LogP contribution in [0.15, 0.2) is 24.3 Å². The molecular formula is C16H24N2O3. The first kappa shape index (κ1) is 17.2. The number of anilines is 1. The van der Waals surface area contributed by atoms with E-state index < -0.39 is 6.10 Å². The molecule has 0 aromatic heterocycles. The van der Waals surface area contributed by atoms with Crippen molar-refractivity contribution in [3.8, 4) is 0 Å². The summed E-state index contributed by atoms with van der Waals surface area (Å²) in [6, 6.07) is 6.36. The van der Waals surface area contributed by atoms with Gasteiger partial charge in [-0.15, -0.1) is 0 Å². The van der Waals surface area contributed by atoms with Crippen LogP contribution in [0.3, 0.4) is 0 Å². The molecule has 1 atom stereocenters. The van der Waals surface area contributed by atoms with Crippen molar-refractivity contribution in [2.45, 2.75) is 39.7 Å². The number of rotatable bonds is 7. The molecule has 21 heavy (non-hydrogen) atoms. The lowest BCUT2D eigenvalue weighted by molar-refractivity contribution is 0.101. The zero-order valence-corrected chi connectivity index (χ0v) is 12.8. The number of ketones is 1. The third-order valence-electron chi connectivity index (χ3n) is 3.59. The van der Waals surface area contributed by atoms with Crippen LogP contribution < -0.4 is 10.6 Å². The van der Waals surface area contributed by atoms with E-state index in [9.17, 15) is 14.7 Å². The van der Waals surface area contributed by atoms with E-state index in [4.69, 9.17) is 0 Å². The Kier molecular flexibility index (Phi) is 6.88. The van der Waals surface area contributed by atoms with Gasteiger partial charge in [-0.25, -0.2) is 4.79 Å². The predicted octanol–water partition coefficient (Wildman–Crippen LogP) is 2.81. The van der Waals surface area contributed by atoms with Crippen molar-refractivity contribution in [3.05, 3.63) is 29.8 Å². The van der Waals surface area contributed by atoms with Crippen molar-refractivity contribution in [1.82, 2.24) is 5.32 Å². The summed E-state index contributed by atoms with van der Waals surface area (Å²) < 4.78 is 0. The SMILES string of the molecule is CCC(CC)C(O)CNC(=O)Nc1cccc(C(C)=O)c1. The number of urea groups is 1. The van der Waals surface area contributed by atoms with Crippen molar-refractivity contribution in [2.75, 3.05) is 11.9 Å². The molecule has 0 radical (unpaired) electrons. The second-order valence-corrected chi connectivity index (χ2v) is 5.12. The van der Waals surface area contributed by atoms with E-state index in [1.54, 1.807) is 24.3 Å². The highest BCUT2D eigenvalue weighted by Crippen LogP contribution is 2.13. The normalized spacial score (nSPS) is 12.0. The number of hydrogen-bond acceptors (Lipinski definition) is 3. The minimum atomic E-state index is -0.547. The van der Waals surface area contributed by atoms with Crippen molar-refractivity contribution in [2.24, 2.45) is 5.92 Å². The molecule has 0 spiro atoms. The molecule has 0 heterocycles. The van der Waals surface area contributed by atoms with Crippen LogP contribution in [0, 0.1) is 5.92 Å². The number of nitrogens with one attached hydrogen (secondary N) is 2. The number of amides is 2. The van der Waals surface area contributed by atoms with Gasteiger partial charge in [-0.1, -0.05) is 38.8 Å². The third-order valence-corrected chi connectivity index (χ3v) is 3.59. The summed E-state index contributed by atoms with van der Waals surface area (Å²) in [6.07, 6.45) is 1.21. The fraction of sp³-hybridized carbons (Fsp3) is 0.500. The maximum absolute atomic E-state index is 11.8. The van der Waals surface area contributed by atoms with Crippen LogP contribution in [0.2, 0.25) is 0 Å². The topological polar surface area (TPSA) is 78.4 Å². The maximum atomic E-state index is 11.8. The number of benzene rings is 1. The predicted molar refractivity (Wildman–Crippen MR) is 83.5 cm³/mol. The van der Waals surface area contributed by atoms with Gasteiger partial charge < -0.3 is 15.7 Å². The highest BCUT2D eigenvalue weighted by Gasteiger charge is 2.16. The smallest absolute Gasteiger partial charge is 0.319 e. The minimum absolute atomic E-state index is 0.0526. The number of aliphatic hydroxyl groups is 1. The summed E-state index contributed by atoms with van der Waals surface area (Å²) in [6.45, 7) is 5.73. The molecule has 0 bridgehead atoms. The average Bonchev–Trinajstić information content (AvgIpc) is 2.46. The zero-order valence-electron chi connectivity index (χ0n) is 12.8. The highest BCUT2D eigenvalue weighted by molar-refractivity contribution is 5.96. The van der Waals surface area contributed by atoms with Gasteiger partial charge in [0.15, 0.2) is 5.78 Å². The molecule has 1 unspecified atom stereocenters. The second-order valence-electron chi connectivity index (χ2n) is 5.12. The standard InChI is InChI=1S/C16H24N2O3/c1-4-12(5-2)15(20)10-17-16(21)18-14-8-6-7-13(9-14)11(3)19/h6-9,12,15,20H,4-5,10H2,1-3H3,(H2,17,18,21). The van der Waals surface area contributed by atoms with Gasteiger partial charge in [-0.05, 0) is 25.0 Å². The molecular weight excluding hydrogens is 268 g/mol. The van der Waals surface area contributed by atoms with Gasteiger partial charge in [0.25, 0.3) is 0 Å². The van der Waals surface area contributed by atoms with Crippen LogP contribution in [0.25, 0.3) is 0 Å². The van der Waals surface area contributed by atoms with E-state index in [0.29, 0.717) is 11.3 Å². The van der Waals surface area contributed by atoms with E-state index in [1.165, 1.54) is 6.92 Å². The van der Waals surface area contributed by atoms with Gasteiger partial charge in [0, 0.05) is 17.8 Å². The van der Waals surface area contributed by atoms with Crippen LogP contribution in [0.5, 0.6) is 0 Å². The van der Waals surface area contributed by atoms with Crippen LogP contribution in [-0.2, 0) is 0 Å². The van der Waals surface area contributed by atoms with Gasteiger partial charge >= 0.3 is 6.03 Å². The summed E-state index contributed by atoms with van der Waals surface area (Å²) >= 11 is 0. The largest absolute Gasteiger partial charge is 0.391 e. The maximum Gasteiger partial charge on any atom is 0.319 e. The van der Waals surface area contributed by atoms with Crippen LogP contribution in [0.4, 0.5) is 10.5 Å². The Morgan fingerprint density at radius 3 is 2.48 bits per heavy atom. The summed E-state index contributed by atoms with van der Waals surface area (Å²) in [5, 5.41) is 15.3. The quantitative estimate of drug-likeness (QED) is 0.676. The number of carbonyl (C=O) groups excluding carboxylic acids is 2. The molecule has 0 aliphatic rings. The van der Waals surface area contributed by atoms with Crippen LogP contribution in [0.1, 0.15) is 44.0 Å². The monoisotopic (exact) mass is 292 g/mol. The Bertz CT molecular complexity index is 484. The Balaban J connectivity index is 2.50. The van der Waals surface area contributed by atoms with Crippen molar-refractivity contribution >= 4 is 17.5 Å². The van der Waals surface area contributed by atoms with E-state index >= 15 is 0 Å². The molecule has 0 fully saturated rings. The molecule has 5 nitrogen and oxygen atoms in total. The van der Waals surface area contributed by atoms with Crippen molar-refractivity contribution < 1.29 is 14.7 Å². The summed E-state index contributed by atoms with van der Waals surface area (Å²) in [5.41, 5.74) is 1.10. The van der Waals surface area contributed by atoms with Gasteiger partial charge in [-0.2, -0.15) is 0 Å². The van der Waals surface area contributed by atoms with Crippen LogP contribution >= 0.6 is 0 Å². The molecule has 2 amide bonds. The number of Topliss-reactive ketones (excluding diaryl/α,β-unsaturated/α-hetero) is 1. The third kappa shape index (κ3) is 5.55. The molecule has 1 rings (SSSR count). The highest BCUT2D eigenvalue weighted by atomic mass is 16.3. The van der Waals surface area contributed by atoms with Gasteiger partial charge in [0.05, 0.1) is 6.10 Å². The fourth-order valence-electron chi connectivity index (χ4n) is 2.19. The Morgan fingerprint density at radius 1 is 1.24 bits per heavy atom. The van der Waals surface area contributed by atoms with Crippen molar-refractivity contribution in [3.63, 3.8) is 0 Å². The average molecular weight is 292 g/mol. The lowest BCUT2D eigenvalue weighted by atomic mass is 9.97. The van der Waals surface area contributed by atoms with Gasteiger partial charge in [0.1, 0.15) is 0 Å². The molecule has 0 saturated carbocycles. The first-order valence-corrected chi connectivity index (χ1v) is 7.31. The Labute approximate surface area is 125 Å². The first-order valence-electron chi connectivity index (χ1n) is 7.31. The van der Waals surface area contributed by atoms with E-state index in [-0.39, 0.29) is 24.3 Å². The number of aliphatic hydroxyl groups excluding tert-OH is 1.